The van der Waals surface area contributed by atoms with Gasteiger partial charge < -0.3 is 30.7 Å². The summed E-state index contributed by atoms with van der Waals surface area (Å²) < 4.78 is 19.3. The maximum Gasteiger partial charge on any atom is 0.309 e. The van der Waals surface area contributed by atoms with E-state index in [4.69, 9.17) is 4.74 Å². The van der Waals surface area contributed by atoms with Crippen molar-refractivity contribution in [2.24, 2.45) is 4.99 Å². The lowest BCUT2D eigenvalue weighted by molar-refractivity contribution is -0.139. The van der Waals surface area contributed by atoms with Gasteiger partial charge in [-0.05, 0) is 32.8 Å². The van der Waals surface area contributed by atoms with Gasteiger partial charge in [-0.15, -0.1) is 12.3 Å². The van der Waals surface area contributed by atoms with Crippen LogP contribution in [0.4, 0.5) is 4.39 Å². The van der Waals surface area contributed by atoms with Crippen LogP contribution in [0.5, 0.6) is 0 Å². The molecule has 1 atom stereocenters. The number of aliphatic imine (C=N–C) groups is 1. The van der Waals surface area contributed by atoms with Gasteiger partial charge in [0.1, 0.15) is 23.4 Å². The zero-order valence-electron chi connectivity index (χ0n) is 26.1. The van der Waals surface area contributed by atoms with Crippen LogP contribution < -0.4 is 16.0 Å². The second-order valence-corrected chi connectivity index (χ2v) is 7.64. The summed E-state index contributed by atoms with van der Waals surface area (Å²) in [6, 6.07) is 0. The Morgan fingerprint density at radius 2 is 1.81 bits per heavy atom. The monoisotopic (exact) mass is 593 g/mol. The minimum absolute atomic E-state index is 0.0212. The minimum atomic E-state index is -0.832. The fourth-order valence-corrected chi connectivity index (χ4v) is 2.88. The van der Waals surface area contributed by atoms with E-state index in [1.54, 1.807) is 19.9 Å². The van der Waals surface area contributed by atoms with Crippen molar-refractivity contribution in [2.75, 3.05) is 40.3 Å². The third-order valence-electron chi connectivity index (χ3n) is 4.70. The summed E-state index contributed by atoms with van der Waals surface area (Å²) in [5.74, 6) is -0.103. The highest BCUT2D eigenvalue weighted by Gasteiger charge is 2.26. The number of amides is 4. The molecule has 4 amide bonds. The van der Waals surface area contributed by atoms with Gasteiger partial charge in [-0.25, -0.2) is 4.39 Å². The van der Waals surface area contributed by atoms with E-state index in [9.17, 15) is 28.7 Å². The molecule has 236 valence electrons. The van der Waals surface area contributed by atoms with Gasteiger partial charge in [-0.2, -0.15) is 0 Å². The molecule has 1 fully saturated rings. The van der Waals surface area contributed by atoms with E-state index in [1.165, 1.54) is 37.4 Å². The maximum absolute atomic E-state index is 13.4. The number of terminal acetylenes is 1. The van der Waals surface area contributed by atoms with Gasteiger partial charge in [0, 0.05) is 32.0 Å². The number of rotatable bonds is 11. The van der Waals surface area contributed by atoms with Crippen LogP contribution in [0.1, 0.15) is 54.4 Å². The zero-order valence-corrected chi connectivity index (χ0v) is 26.1. The molecule has 0 saturated carbocycles. The molecule has 0 spiro atoms. The number of hydrogen-bond donors (Lipinski definition) is 4. The molecule has 0 aromatic carbocycles. The van der Waals surface area contributed by atoms with Gasteiger partial charge in [0.15, 0.2) is 0 Å². The first-order chi connectivity index (χ1) is 20.1. The Morgan fingerprint density at radius 3 is 2.33 bits per heavy atom. The number of halogens is 1. The number of morpholine rings is 1. The Bertz CT molecular complexity index is 1010. The first kappa shape index (κ1) is 42.1. The molecule has 1 aliphatic heterocycles. The average Bonchev–Trinajstić information content (AvgIpc) is 3.02. The Morgan fingerprint density at radius 1 is 1.19 bits per heavy atom. The second kappa shape index (κ2) is 28.1. The van der Waals surface area contributed by atoms with Crippen LogP contribution in [-0.2, 0) is 23.9 Å². The van der Waals surface area contributed by atoms with Crippen molar-refractivity contribution >= 4 is 30.3 Å². The zero-order chi connectivity index (χ0) is 32.9. The summed E-state index contributed by atoms with van der Waals surface area (Å²) in [4.78, 5) is 51.6. The molecule has 42 heavy (non-hydrogen) atoms. The quantitative estimate of drug-likeness (QED) is 0.0550. The van der Waals surface area contributed by atoms with Crippen molar-refractivity contribution in [3.8, 4) is 12.3 Å². The maximum atomic E-state index is 13.4. The molecule has 12 heteroatoms. The lowest BCUT2D eigenvalue weighted by Gasteiger charge is -2.33. The third kappa shape index (κ3) is 20.5. The number of carbonyl (C=O) groups is 4. The van der Waals surface area contributed by atoms with Crippen LogP contribution in [0.25, 0.3) is 0 Å². The van der Waals surface area contributed by atoms with Crippen LogP contribution in [0.2, 0.25) is 0 Å². The van der Waals surface area contributed by atoms with Crippen molar-refractivity contribution in [1.29, 1.82) is 0 Å². The van der Waals surface area contributed by atoms with Crippen LogP contribution in [0.15, 0.2) is 52.2 Å². The summed E-state index contributed by atoms with van der Waals surface area (Å²) in [6.45, 7) is 11.4. The Kier molecular flexibility index (Phi) is 28.2. The highest BCUT2D eigenvalue weighted by atomic mass is 19.1. The lowest BCUT2D eigenvalue weighted by Crippen LogP contribution is -2.48. The predicted molar refractivity (Wildman–Crippen MR) is 165 cm³/mol. The molecule has 0 aromatic rings. The Labute approximate surface area is 250 Å². The number of nitrogens with one attached hydrogen (secondary N) is 3. The summed E-state index contributed by atoms with van der Waals surface area (Å²) in [5, 5.41) is 16.9. The van der Waals surface area contributed by atoms with Crippen LogP contribution in [0.3, 0.4) is 0 Å². The van der Waals surface area contributed by atoms with Crippen molar-refractivity contribution < 1.29 is 33.4 Å². The lowest BCUT2D eigenvalue weighted by atomic mass is 10.1. The number of carbonyl (C=O) groups excluding carboxylic acids is 4. The molecule has 1 saturated heterocycles. The molecule has 0 bridgehead atoms. The van der Waals surface area contributed by atoms with Gasteiger partial charge in [0.2, 0.25) is 12.3 Å². The SMILES string of the molecule is C#CC.C/C=C(F)\C=C/CC/C(C=NC/C(O)=C/C(=O)NC)=C1/CN(C=O)CC(CNC(=O)C(=O)NC)O1.CC.CC. The number of hydrogen-bond acceptors (Lipinski definition) is 7. The van der Waals surface area contributed by atoms with E-state index in [2.05, 4.69) is 33.3 Å². The molecule has 0 aliphatic carbocycles. The molecular weight excluding hydrogens is 545 g/mol. The van der Waals surface area contributed by atoms with E-state index in [0.717, 1.165) is 6.08 Å². The van der Waals surface area contributed by atoms with Crippen molar-refractivity contribution in [3.05, 3.63) is 47.2 Å². The Balaban J connectivity index is -0.00000199. The van der Waals surface area contributed by atoms with Crippen LogP contribution >= 0.6 is 0 Å². The molecule has 1 unspecified atom stereocenters. The molecule has 0 aromatic heterocycles. The van der Waals surface area contributed by atoms with Crippen LogP contribution in [-0.4, -0.2) is 86.7 Å². The number of nitrogens with zero attached hydrogens (tertiary/aromatic N) is 2. The molecular formula is C30H48FN5O6. The molecule has 0 radical (unpaired) electrons. The van der Waals surface area contributed by atoms with Gasteiger partial charge in [0.05, 0.1) is 26.2 Å². The second-order valence-electron chi connectivity index (χ2n) is 7.64. The topological polar surface area (TPSA) is 149 Å². The first-order valence-corrected chi connectivity index (χ1v) is 13.7. The number of likely N-dealkylation sites (N-methyl/N-ethyl adjacent to an activating group) is 2. The first-order valence-electron chi connectivity index (χ1n) is 13.7. The van der Waals surface area contributed by atoms with Gasteiger partial charge in [-0.1, -0.05) is 39.8 Å². The van der Waals surface area contributed by atoms with Gasteiger partial charge >= 0.3 is 11.8 Å². The molecule has 4 N–H and O–H groups in total. The number of aliphatic hydroxyl groups excluding tert-OH is 1. The summed E-state index contributed by atoms with van der Waals surface area (Å²) in [6.07, 6.45) is 12.2. The standard InChI is InChI=1S/C23H32FN5O6.C3H4.2C2H6/c1-4-17(24)8-6-5-7-16(10-27-11-18(31)9-21(32)25-2)20-14-29(15-30)13-19(35-20)12-28-23(34)22(33)26-3;1-3-2;2*1-2/h4,6,8-10,15,19,31H,5,7,11-14H2,1-3H3,(H,25,32)(H,26,33)(H,28,34);1H,2H3;2*1-2H3/b8-6-,17-4+,18-9-,20-16+,27-10?;;;. The van der Waals surface area contributed by atoms with Gasteiger partial charge in [-0.3, -0.25) is 24.2 Å². The number of allylic oxidation sites excluding steroid dienone is 5. The van der Waals surface area contributed by atoms with E-state index >= 15 is 0 Å². The van der Waals surface area contributed by atoms with E-state index in [1.807, 2.05) is 27.7 Å². The van der Waals surface area contributed by atoms with Crippen molar-refractivity contribution in [1.82, 2.24) is 20.9 Å². The molecule has 1 aliphatic rings. The Hall–Kier alpha value is -4.40. The average molecular weight is 594 g/mol. The van der Waals surface area contributed by atoms with Crippen molar-refractivity contribution in [2.45, 2.75) is 60.5 Å². The van der Waals surface area contributed by atoms with E-state index in [-0.39, 0.29) is 37.8 Å². The van der Waals surface area contributed by atoms with E-state index < -0.39 is 23.8 Å². The molecule has 1 heterocycles. The summed E-state index contributed by atoms with van der Waals surface area (Å²) in [5.41, 5.74) is 0.581. The predicted octanol–water partition coefficient (Wildman–Crippen LogP) is 3.12. The molecule has 1 rings (SSSR count). The summed E-state index contributed by atoms with van der Waals surface area (Å²) in [7, 11) is 2.76. The van der Waals surface area contributed by atoms with Gasteiger partial charge in [0.25, 0.3) is 0 Å². The highest BCUT2D eigenvalue weighted by Crippen LogP contribution is 2.20. The van der Waals surface area contributed by atoms with E-state index in [0.29, 0.717) is 30.6 Å². The normalized spacial score (nSPS) is 15.7. The number of ether oxygens (including phenoxy) is 1. The summed E-state index contributed by atoms with van der Waals surface area (Å²) >= 11 is 0. The smallest absolute Gasteiger partial charge is 0.309 e. The third-order valence-corrected chi connectivity index (χ3v) is 4.70. The largest absolute Gasteiger partial charge is 0.510 e. The minimum Gasteiger partial charge on any atom is -0.510 e. The van der Waals surface area contributed by atoms with Crippen molar-refractivity contribution in [3.63, 3.8) is 0 Å². The number of aliphatic hydroxyl groups is 1. The highest BCUT2D eigenvalue weighted by molar-refractivity contribution is 6.35. The van der Waals surface area contributed by atoms with Crippen LogP contribution in [0, 0.1) is 12.3 Å². The fourth-order valence-electron chi connectivity index (χ4n) is 2.88. The molecule has 11 nitrogen and oxygen atoms in total. The fraction of sp³-hybridized carbons (Fsp3) is 0.500.